The van der Waals surface area contributed by atoms with Crippen molar-refractivity contribution in [3.8, 4) is 17.1 Å². The van der Waals surface area contributed by atoms with E-state index in [2.05, 4.69) is 15.3 Å². The number of hydrogen-bond acceptors (Lipinski definition) is 6. The van der Waals surface area contributed by atoms with Crippen molar-refractivity contribution in [1.29, 1.82) is 0 Å². The molecule has 1 aromatic carbocycles. The summed E-state index contributed by atoms with van der Waals surface area (Å²) in [5.41, 5.74) is 1.63. The van der Waals surface area contributed by atoms with Gasteiger partial charge in [0.15, 0.2) is 5.89 Å². The highest BCUT2D eigenvalue weighted by atomic mass is 19.1. The molecule has 0 bridgehead atoms. The average molecular weight is 463 g/mol. The van der Waals surface area contributed by atoms with Crippen LogP contribution in [-0.4, -0.2) is 30.1 Å². The lowest BCUT2D eigenvalue weighted by atomic mass is 9.86. The second kappa shape index (κ2) is 9.24. The van der Waals surface area contributed by atoms with Crippen molar-refractivity contribution in [2.45, 2.75) is 57.5 Å². The summed E-state index contributed by atoms with van der Waals surface area (Å²) in [5.74, 6) is 1.33. The Balaban J connectivity index is 1.40. The number of aromatic nitrogens is 5. The lowest BCUT2D eigenvalue weighted by molar-refractivity contribution is 0.347. The minimum atomic E-state index is -0.354. The molecule has 1 aliphatic rings. The van der Waals surface area contributed by atoms with E-state index in [1.165, 1.54) is 12.1 Å². The Hall–Kier alpha value is -3.75. The molecule has 176 valence electrons. The van der Waals surface area contributed by atoms with Gasteiger partial charge in [0.1, 0.15) is 12.1 Å². The van der Waals surface area contributed by atoms with Gasteiger partial charge in [-0.25, -0.2) is 24.1 Å². The minimum Gasteiger partial charge on any atom is -0.449 e. The van der Waals surface area contributed by atoms with Crippen molar-refractivity contribution in [3.63, 3.8) is 0 Å². The number of anilines is 1. The molecule has 1 saturated carbocycles. The van der Waals surface area contributed by atoms with Crippen molar-refractivity contribution in [2.24, 2.45) is 0 Å². The van der Waals surface area contributed by atoms with Gasteiger partial charge in [0.2, 0.25) is 5.95 Å². The molecule has 0 radical (unpaired) electrons. The second-order valence-electron chi connectivity index (χ2n) is 8.94. The summed E-state index contributed by atoms with van der Waals surface area (Å²) in [5, 5.41) is 3.45. The van der Waals surface area contributed by atoms with Crippen molar-refractivity contribution >= 4 is 5.95 Å². The van der Waals surface area contributed by atoms with Gasteiger partial charge in [-0.05, 0) is 69.9 Å². The molecule has 8 nitrogen and oxygen atoms in total. The van der Waals surface area contributed by atoms with Gasteiger partial charge in [0.25, 0.3) is 0 Å². The first-order valence-electron chi connectivity index (χ1n) is 11.6. The number of nitrogens with zero attached hydrogens (tertiary/aromatic N) is 5. The molecule has 0 amide bonds. The Morgan fingerprint density at radius 1 is 1.06 bits per heavy atom. The first-order valence-corrected chi connectivity index (χ1v) is 11.6. The van der Waals surface area contributed by atoms with Crippen LogP contribution in [0, 0.1) is 5.82 Å². The van der Waals surface area contributed by atoms with E-state index in [0.29, 0.717) is 28.9 Å². The van der Waals surface area contributed by atoms with Gasteiger partial charge in [-0.1, -0.05) is 0 Å². The fourth-order valence-electron chi connectivity index (χ4n) is 4.53. The number of oxazole rings is 1. The van der Waals surface area contributed by atoms with Crippen LogP contribution in [-0.2, 0) is 0 Å². The topological polar surface area (TPSA) is 90.8 Å². The zero-order chi connectivity index (χ0) is 23.7. The third kappa shape index (κ3) is 4.37. The molecule has 0 aliphatic heterocycles. The summed E-state index contributed by atoms with van der Waals surface area (Å²) in [7, 11) is 0. The largest absolute Gasteiger partial charge is 0.449 e. The summed E-state index contributed by atoms with van der Waals surface area (Å²) in [6, 6.07) is 7.88. The highest BCUT2D eigenvalue weighted by Gasteiger charge is 2.26. The average Bonchev–Trinajstić information content (AvgIpc) is 3.49. The Labute approximate surface area is 196 Å². The predicted octanol–water partition coefficient (Wildman–Crippen LogP) is 4.94. The summed E-state index contributed by atoms with van der Waals surface area (Å²) >= 11 is 0. The first-order chi connectivity index (χ1) is 16.5. The van der Waals surface area contributed by atoms with Crippen LogP contribution in [0.15, 0.2) is 64.4 Å². The van der Waals surface area contributed by atoms with Crippen LogP contribution in [0.25, 0.3) is 17.1 Å². The van der Waals surface area contributed by atoms with Crippen molar-refractivity contribution in [1.82, 2.24) is 24.1 Å². The van der Waals surface area contributed by atoms with Crippen molar-refractivity contribution < 1.29 is 8.81 Å². The van der Waals surface area contributed by atoms with Crippen molar-refractivity contribution in [3.05, 3.63) is 77.4 Å². The monoisotopic (exact) mass is 462 g/mol. The third-order valence-corrected chi connectivity index (χ3v) is 6.33. The highest BCUT2D eigenvalue weighted by molar-refractivity contribution is 5.59. The van der Waals surface area contributed by atoms with Gasteiger partial charge in [0, 0.05) is 30.4 Å². The fourth-order valence-corrected chi connectivity index (χ4v) is 4.53. The molecule has 0 atom stereocenters. The smallest absolute Gasteiger partial charge is 0.333 e. The van der Waals surface area contributed by atoms with Crippen LogP contribution in [0.5, 0.6) is 0 Å². The lowest BCUT2D eigenvalue weighted by Crippen LogP contribution is -2.26. The van der Waals surface area contributed by atoms with E-state index in [4.69, 9.17) is 9.40 Å². The molecule has 1 aliphatic carbocycles. The minimum absolute atomic E-state index is 0.0359. The molecule has 0 spiro atoms. The molecule has 3 heterocycles. The molecule has 0 unspecified atom stereocenters. The maximum absolute atomic E-state index is 13.5. The van der Waals surface area contributed by atoms with Crippen LogP contribution < -0.4 is 11.0 Å². The molecule has 3 aromatic heterocycles. The normalized spacial score (nSPS) is 18.4. The fraction of sp³-hybridized carbons (Fsp3) is 0.360. The van der Waals surface area contributed by atoms with Crippen LogP contribution in [0.3, 0.4) is 0 Å². The van der Waals surface area contributed by atoms with Crippen LogP contribution >= 0.6 is 0 Å². The van der Waals surface area contributed by atoms with E-state index in [0.717, 1.165) is 31.6 Å². The second-order valence-corrected chi connectivity index (χ2v) is 8.94. The van der Waals surface area contributed by atoms with Crippen LogP contribution in [0.4, 0.5) is 10.3 Å². The van der Waals surface area contributed by atoms with Gasteiger partial charge in [-0.15, -0.1) is 0 Å². The molecular formula is C25H27FN6O2. The highest BCUT2D eigenvalue weighted by Crippen LogP contribution is 2.33. The van der Waals surface area contributed by atoms with E-state index in [-0.39, 0.29) is 23.6 Å². The standard InChI is InChI=1S/C25H27FN6O2/c1-16(2)31-15-22(32(25(31)33)20-9-5-18(26)6-10-20)21-11-12-28-24(30-21)29-19-7-3-17(4-8-19)23-27-13-14-34-23/h5-6,9-17,19H,3-4,7-8H2,1-2H3,(H,28,29,30). The molecule has 1 fully saturated rings. The molecule has 34 heavy (non-hydrogen) atoms. The van der Waals surface area contributed by atoms with Crippen LogP contribution in [0.1, 0.15) is 57.4 Å². The van der Waals surface area contributed by atoms with Crippen LogP contribution in [0.2, 0.25) is 0 Å². The maximum Gasteiger partial charge on any atom is 0.333 e. The maximum atomic E-state index is 13.5. The molecular weight excluding hydrogens is 435 g/mol. The number of benzene rings is 1. The predicted molar refractivity (Wildman–Crippen MR) is 127 cm³/mol. The van der Waals surface area contributed by atoms with E-state index < -0.39 is 0 Å². The number of rotatable bonds is 6. The quantitative estimate of drug-likeness (QED) is 0.436. The van der Waals surface area contributed by atoms with E-state index >= 15 is 0 Å². The SMILES string of the molecule is CC(C)n1cc(-c2ccnc(NC3CCC(c4ncco4)CC3)n2)n(-c2ccc(F)cc2)c1=O. The summed E-state index contributed by atoms with van der Waals surface area (Å²) < 4.78 is 22.2. The van der Waals surface area contributed by atoms with Gasteiger partial charge in [-0.3, -0.25) is 9.13 Å². The zero-order valence-electron chi connectivity index (χ0n) is 19.2. The Morgan fingerprint density at radius 2 is 1.82 bits per heavy atom. The summed E-state index contributed by atoms with van der Waals surface area (Å²) in [6.07, 6.45) is 10.7. The van der Waals surface area contributed by atoms with Gasteiger partial charge >= 0.3 is 5.69 Å². The summed E-state index contributed by atoms with van der Waals surface area (Å²) in [6.45, 7) is 3.89. The number of hydrogen-bond donors (Lipinski definition) is 1. The molecule has 9 heteroatoms. The summed E-state index contributed by atoms with van der Waals surface area (Å²) in [4.78, 5) is 26.6. The van der Waals surface area contributed by atoms with Crippen molar-refractivity contribution in [2.75, 3.05) is 5.32 Å². The van der Waals surface area contributed by atoms with Gasteiger partial charge in [-0.2, -0.15) is 0 Å². The Kier molecular flexibility index (Phi) is 6.00. The lowest BCUT2D eigenvalue weighted by Gasteiger charge is -2.27. The molecule has 0 saturated heterocycles. The molecule has 1 N–H and O–H groups in total. The Morgan fingerprint density at radius 3 is 2.50 bits per heavy atom. The van der Waals surface area contributed by atoms with E-state index in [1.54, 1.807) is 52.2 Å². The zero-order valence-corrected chi connectivity index (χ0v) is 19.2. The number of imidazole rings is 1. The van der Waals surface area contributed by atoms with Gasteiger partial charge in [0.05, 0.1) is 23.3 Å². The van der Waals surface area contributed by atoms with E-state index in [1.807, 2.05) is 13.8 Å². The molecule has 5 rings (SSSR count). The van der Waals surface area contributed by atoms with E-state index in [9.17, 15) is 9.18 Å². The third-order valence-electron chi connectivity index (χ3n) is 6.33. The number of halogens is 1. The first kappa shape index (κ1) is 22.1. The van der Waals surface area contributed by atoms with Gasteiger partial charge < -0.3 is 9.73 Å². The Bertz CT molecular complexity index is 1300. The number of nitrogens with one attached hydrogen (secondary N) is 1. The molecule has 4 aromatic rings.